The van der Waals surface area contributed by atoms with Crippen LogP contribution < -0.4 is 5.73 Å². The first kappa shape index (κ1) is 11.9. The van der Waals surface area contributed by atoms with Crippen LogP contribution in [-0.2, 0) is 13.0 Å². The zero-order valence-corrected chi connectivity index (χ0v) is 10.7. The number of benzene rings is 1. The maximum Gasteiger partial charge on any atom is 0.135 e. The van der Waals surface area contributed by atoms with E-state index < -0.39 is 0 Å². The van der Waals surface area contributed by atoms with E-state index in [-0.39, 0.29) is 0 Å². The third kappa shape index (κ3) is 2.01. The maximum atomic E-state index is 5.80. The Bertz CT molecular complexity index is 564. The van der Waals surface area contributed by atoms with Gasteiger partial charge in [0.25, 0.3) is 0 Å². The topological polar surface area (TPSA) is 39.2 Å². The molecule has 2 rings (SSSR count). The molecule has 17 heavy (non-hydrogen) atoms. The summed E-state index contributed by atoms with van der Waals surface area (Å²) < 4.78 is 5.80. The molecule has 0 fully saturated rings. The van der Waals surface area contributed by atoms with Crippen LogP contribution in [0.25, 0.3) is 17.0 Å². The fourth-order valence-electron chi connectivity index (χ4n) is 2.24. The molecular formula is C15H19NO. The van der Waals surface area contributed by atoms with E-state index in [1.165, 1.54) is 16.5 Å². The van der Waals surface area contributed by atoms with Gasteiger partial charge < -0.3 is 10.2 Å². The highest BCUT2D eigenvalue weighted by atomic mass is 16.3. The summed E-state index contributed by atoms with van der Waals surface area (Å²) in [6.45, 7) is 6.74. The van der Waals surface area contributed by atoms with Crippen molar-refractivity contribution in [2.75, 3.05) is 0 Å². The van der Waals surface area contributed by atoms with Gasteiger partial charge >= 0.3 is 0 Å². The number of nitrogens with two attached hydrogens (primary N) is 1. The summed E-state index contributed by atoms with van der Waals surface area (Å²) in [5.74, 6) is 0.866. The Kier molecular flexibility index (Phi) is 3.34. The van der Waals surface area contributed by atoms with E-state index in [1.807, 2.05) is 13.0 Å². The molecule has 0 spiro atoms. The zero-order valence-electron chi connectivity index (χ0n) is 10.7. The minimum absolute atomic E-state index is 0.439. The van der Waals surface area contributed by atoms with Crippen LogP contribution in [0.4, 0.5) is 0 Å². The van der Waals surface area contributed by atoms with E-state index in [2.05, 4.69) is 32.1 Å². The number of aryl methyl sites for hydroxylation is 2. The summed E-state index contributed by atoms with van der Waals surface area (Å²) in [7, 11) is 0. The molecule has 1 aromatic carbocycles. The minimum Gasteiger partial charge on any atom is -0.459 e. The lowest BCUT2D eigenvalue weighted by molar-refractivity contribution is 0.551. The number of rotatable bonds is 3. The van der Waals surface area contributed by atoms with Gasteiger partial charge in [-0.3, -0.25) is 0 Å². The third-order valence-electron chi connectivity index (χ3n) is 3.16. The molecule has 2 N–H and O–H groups in total. The molecule has 0 saturated carbocycles. The molecule has 0 saturated heterocycles. The Labute approximate surface area is 102 Å². The van der Waals surface area contributed by atoms with Crippen LogP contribution in [0.2, 0.25) is 0 Å². The van der Waals surface area contributed by atoms with Gasteiger partial charge in [0, 0.05) is 10.9 Å². The van der Waals surface area contributed by atoms with Crippen LogP contribution >= 0.6 is 0 Å². The second-order valence-corrected chi connectivity index (χ2v) is 4.27. The molecule has 0 radical (unpaired) electrons. The molecule has 2 aromatic rings. The molecule has 2 heteroatoms. The number of fused-ring (bicyclic) bond motifs is 1. The number of hydrogen-bond donors (Lipinski definition) is 1. The predicted molar refractivity (Wildman–Crippen MR) is 72.9 cm³/mol. The first-order valence-corrected chi connectivity index (χ1v) is 6.08. The van der Waals surface area contributed by atoms with Gasteiger partial charge in [-0.25, -0.2) is 0 Å². The van der Waals surface area contributed by atoms with E-state index in [4.69, 9.17) is 10.2 Å². The van der Waals surface area contributed by atoms with Crippen molar-refractivity contribution in [1.82, 2.24) is 0 Å². The van der Waals surface area contributed by atoms with Crippen molar-refractivity contribution in [3.63, 3.8) is 0 Å². The largest absolute Gasteiger partial charge is 0.459 e. The molecule has 0 atom stereocenters. The highest BCUT2D eigenvalue weighted by molar-refractivity contribution is 5.89. The Morgan fingerprint density at radius 1 is 1.35 bits per heavy atom. The Balaban J connectivity index is 2.76. The molecular weight excluding hydrogens is 210 g/mol. The van der Waals surface area contributed by atoms with E-state index in [0.29, 0.717) is 6.54 Å². The SMILES string of the molecule is C/C=C\c1c(CN)oc2cc(C)c(CC)cc12. The van der Waals surface area contributed by atoms with Gasteiger partial charge in [0.2, 0.25) is 0 Å². The average molecular weight is 229 g/mol. The van der Waals surface area contributed by atoms with Gasteiger partial charge in [-0.15, -0.1) is 0 Å². The number of hydrogen-bond acceptors (Lipinski definition) is 2. The van der Waals surface area contributed by atoms with E-state index >= 15 is 0 Å². The minimum atomic E-state index is 0.439. The predicted octanol–water partition coefficient (Wildman–Crippen LogP) is 3.80. The quantitative estimate of drug-likeness (QED) is 0.869. The van der Waals surface area contributed by atoms with Crippen LogP contribution in [0.3, 0.4) is 0 Å². The highest BCUT2D eigenvalue weighted by Gasteiger charge is 2.12. The van der Waals surface area contributed by atoms with Crippen molar-refractivity contribution in [2.24, 2.45) is 5.73 Å². The van der Waals surface area contributed by atoms with Gasteiger partial charge in [-0.05, 0) is 43.5 Å². The fourth-order valence-corrected chi connectivity index (χ4v) is 2.24. The molecule has 2 nitrogen and oxygen atoms in total. The summed E-state index contributed by atoms with van der Waals surface area (Å²) in [4.78, 5) is 0. The standard InChI is InChI=1S/C15H19NO/c1-4-6-12-13-8-11(5-2)10(3)7-14(13)17-15(12)9-16/h4,6-8H,5,9,16H2,1-3H3/b6-4-. The normalized spacial score (nSPS) is 11.8. The second-order valence-electron chi connectivity index (χ2n) is 4.27. The lowest BCUT2D eigenvalue weighted by Gasteiger charge is -2.02. The molecule has 0 aliphatic rings. The summed E-state index contributed by atoms with van der Waals surface area (Å²) in [5.41, 5.74) is 10.4. The molecule has 90 valence electrons. The van der Waals surface area contributed by atoms with E-state index in [1.54, 1.807) is 0 Å². The smallest absolute Gasteiger partial charge is 0.135 e. The summed E-state index contributed by atoms with van der Waals surface area (Å²) in [6.07, 6.45) is 5.14. The van der Waals surface area contributed by atoms with Gasteiger partial charge in [-0.2, -0.15) is 0 Å². The van der Waals surface area contributed by atoms with E-state index in [0.717, 1.165) is 23.3 Å². The van der Waals surface area contributed by atoms with Crippen molar-refractivity contribution in [3.8, 4) is 0 Å². The molecule has 0 aliphatic heterocycles. The van der Waals surface area contributed by atoms with E-state index in [9.17, 15) is 0 Å². The van der Waals surface area contributed by atoms with Gasteiger partial charge in [-0.1, -0.05) is 19.1 Å². The van der Waals surface area contributed by atoms with Crippen molar-refractivity contribution in [1.29, 1.82) is 0 Å². The monoisotopic (exact) mass is 229 g/mol. The van der Waals surface area contributed by atoms with Crippen LogP contribution in [0, 0.1) is 6.92 Å². The highest BCUT2D eigenvalue weighted by Crippen LogP contribution is 2.29. The molecule has 1 aromatic heterocycles. The molecule has 1 heterocycles. The fraction of sp³-hybridized carbons (Fsp3) is 0.333. The van der Waals surface area contributed by atoms with Crippen LogP contribution in [0.1, 0.15) is 36.3 Å². The van der Waals surface area contributed by atoms with Crippen molar-refractivity contribution in [3.05, 3.63) is 40.7 Å². The van der Waals surface area contributed by atoms with Gasteiger partial charge in [0.05, 0.1) is 6.54 Å². The molecule has 0 bridgehead atoms. The summed E-state index contributed by atoms with van der Waals surface area (Å²) in [5, 5.41) is 1.17. The van der Waals surface area contributed by atoms with Crippen molar-refractivity contribution >= 4 is 17.0 Å². The number of allylic oxidation sites excluding steroid dienone is 1. The van der Waals surface area contributed by atoms with Crippen LogP contribution in [0.15, 0.2) is 22.6 Å². The second kappa shape index (κ2) is 4.76. The molecule has 0 aliphatic carbocycles. The van der Waals surface area contributed by atoms with Crippen molar-refractivity contribution < 1.29 is 4.42 Å². The first-order chi connectivity index (χ1) is 8.21. The van der Waals surface area contributed by atoms with Crippen LogP contribution in [0.5, 0.6) is 0 Å². The lowest BCUT2D eigenvalue weighted by atomic mass is 10.0. The molecule has 0 amide bonds. The third-order valence-corrected chi connectivity index (χ3v) is 3.16. The molecule has 0 unspecified atom stereocenters. The van der Waals surface area contributed by atoms with Gasteiger partial charge in [0.1, 0.15) is 11.3 Å². The maximum absolute atomic E-state index is 5.80. The summed E-state index contributed by atoms with van der Waals surface area (Å²) >= 11 is 0. The summed E-state index contributed by atoms with van der Waals surface area (Å²) in [6, 6.07) is 4.34. The van der Waals surface area contributed by atoms with Gasteiger partial charge in [0.15, 0.2) is 0 Å². The Morgan fingerprint density at radius 2 is 2.12 bits per heavy atom. The lowest BCUT2D eigenvalue weighted by Crippen LogP contribution is -1.95. The van der Waals surface area contributed by atoms with Crippen LogP contribution in [-0.4, -0.2) is 0 Å². The Hall–Kier alpha value is -1.54. The zero-order chi connectivity index (χ0) is 12.4. The van der Waals surface area contributed by atoms with Crippen molar-refractivity contribution in [2.45, 2.75) is 33.7 Å². The first-order valence-electron chi connectivity index (χ1n) is 6.08. The average Bonchev–Trinajstić information content (AvgIpc) is 2.66. The number of furan rings is 1. The Morgan fingerprint density at radius 3 is 2.71 bits per heavy atom.